The number of pyridine rings is 1. The van der Waals surface area contributed by atoms with Gasteiger partial charge in [0.05, 0.1) is 19.3 Å². The Morgan fingerprint density at radius 2 is 1.83 bits per heavy atom. The summed E-state index contributed by atoms with van der Waals surface area (Å²) in [6, 6.07) is 4.14. The van der Waals surface area contributed by atoms with E-state index in [0.29, 0.717) is 31.4 Å². The van der Waals surface area contributed by atoms with Crippen LogP contribution in [0.25, 0.3) is 17.0 Å². The Hall–Kier alpha value is -4.06. The molecule has 3 aromatic rings. The summed E-state index contributed by atoms with van der Waals surface area (Å²) < 4.78 is 7.62. The largest absolute Gasteiger partial charge is 0.442 e. The number of hydrogen-bond acceptors (Lipinski definition) is 9. The smallest absolute Gasteiger partial charge is 0.410 e. The summed E-state index contributed by atoms with van der Waals surface area (Å²) in [6.45, 7) is 5.85. The van der Waals surface area contributed by atoms with Gasteiger partial charge in [0.2, 0.25) is 11.9 Å². The number of nitrogens with one attached hydrogen (secondary N) is 1. The first-order valence-electron chi connectivity index (χ1n) is 14.8. The lowest BCUT2D eigenvalue weighted by Gasteiger charge is -2.42. The molecule has 2 unspecified atom stereocenters. The first-order valence-corrected chi connectivity index (χ1v) is 14.8. The molecular weight excluding hydrogens is 534 g/mol. The summed E-state index contributed by atoms with van der Waals surface area (Å²) in [5.41, 5.74) is 2.75. The Morgan fingerprint density at radius 3 is 2.50 bits per heavy atom. The van der Waals surface area contributed by atoms with Gasteiger partial charge in [-0.3, -0.25) is 9.78 Å². The third-order valence-electron chi connectivity index (χ3n) is 8.39. The minimum absolute atomic E-state index is 0.0419. The van der Waals surface area contributed by atoms with Crippen molar-refractivity contribution in [3.63, 3.8) is 0 Å². The van der Waals surface area contributed by atoms with Gasteiger partial charge >= 0.3 is 6.09 Å². The average molecular weight is 574 g/mol. The van der Waals surface area contributed by atoms with Crippen LogP contribution in [0.5, 0.6) is 0 Å². The quantitative estimate of drug-likeness (QED) is 0.405. The minimum atomic E-state index is -0.265. The molecule has 1 N–H and O–H groups in total. The van der Waals surface area contributed by atoms with Crippen LogP contribution in [0.1, 0.15) is 51.0 Å². The number of carbonyl (C=O) groups is 2. The Bertz CT molecular complexity index is 1450. The summed E-state index contributed by atoms with van der Waals surface area (Å²) in [5, 5.41) is 8.28. The second-order valence-electron chi connectivity index (χ2n) is 12.1. The van der Waals surface area contributed by atoms with E-state index in [1.54, 1.807) is 27.9 Å². The summed E-state index contributed by atoms with van der Waals surface area (Å²) >= 11 is 0. The van der Waals surface area contributed by atoms with Crippen molar-refractivity contribution < 1.29 is 14.3 Å². The number of fused-ring (bicyclic) bond motifs is 3. The van der Waals surface area contributed by atoms with Crippen molar-refractivity contribution in [3.05, 3.63) is 48.4 Å². The number of rotatable bonds is 8. The molecule has 3 aromatic heterocycles. The van der Waals surface area contributed by atoms with Crippen LogP contribution < -0.4 is 5.32 Å². The van der Waals surface area contributed by atoms with Crippen LogP contribution in [0.2, 0.25) is 0 Å². The predicted octanol–water partition coefficient (Wildman–Crippen LogP) is 3.18. The number of ether oxygens (including phenoxy) is 1. The Labute approximate surface area is 245 Å². The van der Waals surface area contributed by atoms with Gasteiger partial charge in [-0.1, -0.05) is 19.9 Å². The molecule has 6 heterocycles. The normalized spacial score (nSPS) is 22.4. The number of amides is 2. The number of piperidine rings is 1. The van der Waals surface area contributed by atoms with Crippen LogP contribution in [-0.4, -0.2) is 109 Å². The second-order valence-corrected chi connectivity index (χ2v) is 12.1. The van der Waals surface area contributed by atoms with Crippen LogP contribution in [0.4, 0.5) is 10.7 Å². The fourth-order valence-electron chi connectivity index (χ4n) is 6.17. The highest BCUT2D eigenvalue weighted by Crippen LogP contribution is 2.38. The molecule has 0 radical (unpaired) electrons. The standard InChI is InChI=1S/C30H39N9O3/c1-19(2)25-16-32-39-28(25)34-27(20-9-11-31-12-10-20)35-29(39)33-21-14-22-7-8-23(15-21)38(22)30(41)42-24-17-37(18-24)26(40)6-5-13-36(3)4/h5-6,9-12,16,19,21-24H,7-8,13-15,17-18H2,1-4H3,(H,33,34,35)/b6-5+. The van der Waals surface area contributed by atoms with E-state index in [4.69, 9.17) is 14.7 Å². The van der Waals surface area contributed by atoms with Crippen molar-refractivity contribution in [2.24, 2.45) is 0 Å². The number of anilines is 1. The van der Waals surface area contributed by atoms with Crippen LogP contribution in [0.15, 0.2) is 42.9 Å². The third-order valence-corrected chi connectivity index (χ3v) is 8.39. The molecule has 0 aromatic carbocycles. The van der Waals surface area contributed by atoms with Crippen molar-refractivity contribution in [2.45, 2.75) is 69.7 Å². The molecule has 2 bridgehead atoms. The number of hydrogen-bond donors (Lipinski definition) is 1. The fraction of sp³-hybridized carbons (Fsp3) is 0.533. The molecule has 3 aliphatic heterocycles. The summed E-state index contributed by atoms with van der Waals surface area (Å²) in [7, 11) is 3.91. The van der Waals surface area contributed by atoms with E-state index in [9.17, 15) is 9.59 Å². The molecule has 6 rings (SSSR count). The maximum atomic E-state index is 13.2. The number of likely N-dealkylation sites (tertiary alicyclic amines) is 1. The van der Waals surface area contributed by atoms with Crippen molar-refractivity contribution in [2.75, 3.05) is 39.0 Å². The van der Waals surface area contributed by atoms with Gasteiger partial charge < -0.3 is 24.8 Å². The zero-order valence-corrected chi connectivity index (χ0v) is 24.7. The Kier molecular flexibility index (Phi) is 7.80. The van der Waals surface area contributed by atoms with E-state index >= 15 is 0 Å². The molecule has 3 aliphatic rings. The van der Waals surface area contributed by atoms with Gasteiger partial charge in [-0.05, 0) is 57.8 Å². The van der Waals surface area contributed by atoms with Gasteiger partial charge in [-0.15, -0.1) is 0 Å². The SMILES string of the molecule is CC(C)c1cnn2c(NC3CC4CCC(C3)N4C(=O)OC3CN(C(=O)/C=C/CN(C)C)C3)nc(-c3ccncc3)nc12. The van der Waals surface area contributed by atoms with Gasteiger partial charge in [0.25, 0.3) is 0 Å². The first kappa shape index (κ1) is 28.1. The van der Waals surface area contributed by atoms with Gasteiger partial charge in [-0.25, -0.2) is 9.78 Å². The number of carbonyl (C=O) groups excluding carboxylic acids is 2. The summed E-state index contributed by atoms with van der Waals surface area (Å²) in [4.78, 5) is 45.0. The van der Waals surface area contributed by atoms with Gasteiger partial charge in [0.1, 0.15) is 6.10 Å². The minimum Gasteiger partial charge on any atom is -0.442 e. The lowest BCUT2D eigenvalue weighted by Crippen LogP contribution is -2.57. The molecule has 3 saturated heterocycles. The molecule has 222 valence electrons. The predicted molar refractivity (Wildman–Crippen MR) is 158 cm³/mol. The fourth-order valence-corrected chi connectivity index (χ4v) is 6.17. The molecule has 12 heteroatoms. The zero-order chi connectivity index (χ0) is 29.4. The summed E-state index contributed by atoms with van der Waals surface area (Å²) in [5.74, 6) is 1.50. The second kappa shape index (κ2) is 11.7. The molecular formula is C30H39N9O3. The molecule has 0 saturated carbocycles. The van der Waals surface area contributed by atoms with Crippen LogP contribution >= 0.6 is 0 Å². The number of nitrogens with zero attached hydrogens (tertiary/aromatic N) is 8. The Balaban J connectivity index is 1.10. The van der Waals surface area contributed by atoms with E-state index < -0.39 is 0 Å². The van der Waals surface area contributed by atoms with Crippen molar-refractivity contribution in [3.8, 4) is 11.4 Å². The van der Waals surface area contributed by atoms with Crippen molar-refractivity contribution >= 4 is 23.6 Å². The lowest BCUT2D eigenvalue weighted by molar-refractivity contribution is -0.136. The molecule has 0 aliphatic carbocycles. The highest BCUT2D eigenvalue weighted by atomic mass is 16.6. The molecule has 2 amide bonds. The highest BCUT2D eigenvalue weighted by Gasteiger charge is 2.45. The molecule has 0 spiro atoms. The van der Waals surface area contributed by atoms with E-state index in [2.05, 4.69) is 29.2 Å². The molecule has 2 atom stereocenters. The van der Waals surface area contributed by atoms with Gasteiger partial charge in [0, 0.05) is 54.3 Å². The highest BCUT2D eigenvalue weighted by molar-refractivity contribution is 5.88. The van der Waals surface area contributed by atoms with E-state index in [1.807, 2.05) is 48.3 Å². The Morgan fingerprint density at radius 1 is 1.12 bits per heavy atom. The zero-order valence-electron chi connectivity index (χ0n) is 24.7. The van der Waals surface area contributed by atoms with E-state index in [0.717, 1.165) is 42.5 Å². The van der Waals surface area contributed by atoms with E-state index in [-0.39, 0.29) is 42.1 Å². The third kappa shape index (κ3) is 5.67. The maximum absolute atomic E-state index is 13.2. The summed E-state index contributed by atoms with van der Waals surface area (Å²) in [6.07, 6.45) is 11.8. The van der Waals surface area contributed by atoms with Gasteiger partial charge in [0.15, 0.2) is 11.5 Å². The van der Waals surface area contributed by atoms with Crippen molar-refractivity contribution in [1.29, 1.82) is 0 Å². The van der Waals surface area contributed by atoms with Crippen LogP contribution in [0.3, 0.4) is 0 Å². The first-order chi connectivity index (χ1) is 20.3. The number of likely N-dealkylation sites (N-methyl/N-ethyl adjacent to an activating group) is 1. The van der Waals surface area contributed by atoms with Crippen LogP contribution in [-0.2, 0) is 9.53 Å². The average Bonchev–Trinajstić information content (AvgIpc) is 3.49. The molecule has 12 nitrogen and oxygen atoms in total. The molecule has 42 heavy (non-hydrogen) atoms. The topological polar surface area (TPSA) is 121 Å². The van der Waals surface area contributed by atoms with Crippen molar-refractivity contribution in [1.82, 2.24) is 39.3 Å². The lowest BCUT2D eigenvalue weighted by atomic mass is 9.98. The monoisotopic (exact) mass is 573 g/mol. The number of aromatic nitrogens is 5. The molecule has 3 fully saturated rings. The maximum Gasteiger partial charge on any atom is 0.410 e. The van der Waals surface area contributed by atoms with Crippen LogP contribution in [0, 0.1) is 0 Å². The van der Waals surface area contributed by atoms with E-state index in [1.165, 1.54) is 0 Å². The van der Waals surface area contributed by atoms with Gasteiger partial charge in [-0.2, -0.15) is 14.6 Å².